The molecule has 16 heavy (non-hydrogen) atoms. The highest BCUT2D eigenvalue weighted by Gasteiger charge is 2.03. The van der Waals surface area contributed by atoms with Crippen molar-refractivity contribution < 1.29 is 5.11 Å². The molecule has 0 saturated heterocycles. The van der Waals surface area contributed by atoms with Crippen LogP contribution in [0.5, 0.6) is 0 Å². The third-order valence-electron chi connectivity index (χ3n) is 2.46. The minimum absolute atomic E-state index is 0.0806. The highest BCUT2D eigenvalue weighted by atomic mass is 16.3. The molecule has 3 nitrogen and oxygen atoms in total. The van der Waals surface area contributed by atoms with Gasteiger partial charge < -0.3 is 5.11 Å². The third kappa shape index (κ3) is 2.25. The fraction of sp³-hybridized carbons (Fsp3) is 0.231. The Hall–Kier alpha value is -1.74. The van der Waals surface area contributed by atoms with E-state index in [1.54, 1.807) is 6.20 Å². The minimum atomic E-state index is 0.0806. The van der Waals surface area contributed by atoms with Crippen LogP contribution >= 0.6 is 0 Å². The quantitative estimate of drug-likeness (QED) is 0.849. The van der Waals surface area contributed by atoms with Crippen molar-refractivity contribution in [1.29, 1.82) is 0 Å². The summed E-state index contributed by atoms with van der Waals surface area (Å²) in [7, 11) is 0. The highest BCUT2D eigenvalue weighted by Crippen LogP contribution is 2.20. The van der Waals surface area contributed by atoms with Crippen molar-refractivity contribution in [3.63, 3.8) is 0 Å². The standard InChI is InChI=1S/C13H14N2O/c1-10-4-2-3-5-11(10)12-6-8-14-13(15-12)7-9-16/h2-6,8,16H,7,9H2,1H3. The van der Waals surface area contributed by atoms with E-state index in [1.165, 1.54) is 5.56 Å². The Morgan fingerprint density at radius 1 is 1.19 bits per heavy atom. The predicted octanol–water partition coefficient (Wildman–Crippen LogP) is 1.99. The summed E-state index contributed by atoms with van der Waals surface area (Å²) in [4.78, 5) is 8.54. The van der Waals surface area contributed by atoms with E-state index in [-0.39, 0.29) is 6.61 Å². The third-order valence-corrected chi connectivity index (χ3v) is 2.46. The summed E-state index contributed by atoms with van der Waals surface area (Å²) in [6, 6.07) is 10.00. The number of hydrogen-bond acceptors (Lipinski definition) is 3. The van der Waals surface area contributed by atoms with Gasteiger partial charge in [0.25, 0.3) is 0 Å². The topological polar surface area (TPSA) is 46.0 Å². The first-order chi connectivity index (χ1) is 7.81. The van der Waals surface area contributed by atoms with E-state index in [0.717, 1.165) is 11.3 Å². The zero-order valence-corrected chi connectivity index (χ0v) is 9.22. The molecular weight excluding hydrogens is 200 g/mol. The van der Waals surface area contributed by atoms with Crippen LogP contribution in [0.4, 0.5) is 0 Å². The number of aryl methyl sites for hydroxylation is 1. The number of nitrogens with zero attached hydrogens (tertiary/aromatic N) is 2. The van der Waals surface area contributed by atoms with Crippen LogP contribution in [-0.2, 0) is 6.42 Å². The molecule has 0 fully saturated rings. The number of hydrogen-bond donors (Lipinski definition) is 1. The molecule has 0 aliphatic rings. The number of benzene rings is 1. The SMILES string of the molecule is Cc1ccccc1-c1ccnc(CCO)n1. The second kappa shape index (κ2) is 4.86. The molecule has 1 aromatic carbocycles. The molecule has 0 radical (unpaired) electrons. The van der Waals surface area contributed by atoms with Crippen molar-refractivity contribution in [2.24, 2.45) is 0 Å². The van der Waals surface area contributed by atoms with Crippen molar-refractivity contribution in [2.75, 3.05) is 6.61 Å². The Kier molecular flexibility index (Phi) is 3.27. The normalized spacial score (nSPS) is 10.4. The van der Waals surface area contributed by atoms with Gasteiger partial charge in [0, 0.05) is 18.2 Å². The second-order valence-electron chi connectivity index (χ2n) is 3.65. The van der Waals surface area contributed by atoms with Crippen LogP contribution in [0.1, 0.15) is 11.4 Å². The Morgan fingerprint density at radius 2 is 2.00 bits per heavy atom. The lowest BCUT2D eigenvalue weighted by atomic mass is 10.1. The molecule has 0 amide bonds. The average Bonchev–Trinajstić information content (AvgIpc) is 2.30. The van der Waals surface area contributed by atoms with Gasteiger partial charge in [-0.25, -0.2) is 9.97 Å². The molecule has 0 atom stereocenters. The van der Waals surface area contributed by atoms with E-state index in [4.69, 9.17) is 5.11 Å². The Labute approximate surface area is 94.8 Å². The number of aliphatic hydroxyl groups is 1. The van der Waals surface area contributed by atoms with Crippen molar-refractivity contribution in [3.05, 3.63) is 47.9 Å². The molecule has 1 N–H and O–H groups in total. The fourth-order valence-electron chi connectivity index (χ4n) is 1.63. The van der Waals surface area contributed by atoms with E-state index >= 15 is 0 Å². The number of aliphatic hydroxyl groups excluding tert-OH is 1. The van der Waals surface area contributed by atoms with Crippen LogP contribution in [0, 0.1) is 6.92 Å². The highest BCUT2D eigenvalue weighted by molar-refractivity contribution is 5.62. The Bertz CT molecular complexity index is 483. The first kappa shape index (κ1) is 10.8. The van der Waals surface area contributed by atoms with Gasteiger partial charge in [0.05, 0.1) is 12.3 Å². The summed E-state index contributed by atoms with van der Waals surface area (Å²) in [6.45, 7) is 2.14. The van der Waals surface area contributed by atoms with Gasteiger partial charge in [0.1, 0.15) is 5.82 Å². The van der Waals surface area contributed by atoms with Crippen molar-refractivity contribution >= 4 is 0 Å². The van der Waals surface area contributed by atoms with Crippen molar-refractivity contribution in [2.45, 2.75) is 13.3 Å². The smallest absolute Gasteiger partial charge is 0.131 e. The van der Waals surface area contributed by atoms with Gasteiger partial charge in [-0.05, 0) is 18.6 Å². The van der Waals surface area contributed by atoms with E-state index in [0.29, 0.717) is 12.2 Å². The summed E-state index contributed by atoms with van der Waals surface area (Å²) >= 11 is 0. The van der Waals surface area contributed by atoms with Crippen LogP contribution < -0.4 is 0 Å². The molecule has 82 valence electrons. The zero-order valence-electron chi connectivity index (χ0n) is 9.22. The summed E-state index contributed by atoms with van der Waals surface area (Å²) < 4.78 is 0. The molecule has 1 aromatic heterocycles. The van der Waals surface area contributed by atoms with Gasteiger partial charge in [0.2, 0.25) is 0 Å². The molecule has 0 aliphatic carbocycles. The summed E-state index contributed by atoms with van der Waals surface area (Å²) in [5, 5.41) is 8.86. The van der Waals surface area contributed by atoms with Gasteiger partial charge in [-0.3, -0.25) is 0 Å². The van der Waals surface area contributed by atoms with E-state index in [9.17, 15) is 0 Å². The Morgan fingerprint density at radius 3 is 2.75 bits per heavy atom. The van der Waals surface area contributed by atoms with Crippen LogP contribution in [0.3, 0.4) is 0 Å². The first-order valence-corrected chi connectivity index (χ1v) is 5.30. The van der Waals surface area contributed by atoms with Crippen LogP contribution in [0.25, 0.3) is 11.3 Å². The molecule has 0 unspecified atom stereocenters. The number of aromatic nitrogens is 2. The molecule has 0 saturated carbocycles. The van der Waals surface area contributed by atoms with Gasteiger partial charge in [-0.2, -0.15) is 0 Å². The average molecular weight is 214 g/mol. The van der Waals surface area contributed by atoms with Crippen LogP contribution in [0.2, 0.25) is 0 Å². The molecule has 2 rings (SSSR count). The van der Waals surface area contributed by atoms with Gasteiger partial charge in [0.15, 0.2) is 0 Å². The lowest BCUT2D eigenvalue weighted by Crippen LogP contribution is -1.99. The lowest BCUT2D eigenvalue weighted by molar-refractivity contribution is 0.296. The molecule has 1 heterocycles. The van der Waals surface area contributed by atoms with Gasteiger partial charge >= 0.3 is 0 Å². The monoisotopic (exact) mass is 214 g/mol. The molecule has 2 aromatic rings. The molecular formula is C13H14N2O. The van der Waals surface area contributed by atoms with Gasteiger partial charge in [-0.15, -0.1) is 0 Å². The van der Waals surface area contributed by atoms with E-state index in [1.807, 2.05) is 24.3 Å². The maximum absolute atomic E-state index is 8.86. The molecule has 0 aliphatic heterocycles. The molecule has 0 spiro atoms. The maximum Gasteiger partial charge on any atom is 0.131 e. The maximum atomic E-state index is 8.86. The zero-order chi connectivity index (χ0) is 11.4. The first-order valence-electron chi connectivity index (χ1n) is 5.30. The molecule has 0 bridgehead atoms. The lowest BCUT2D eigenvalue weighted by Gasteiger charge is -2.05. The van der Waals surface area contributed by atoms with Crippen LogP contribution in [-0.4, -0.2) is 21.7 Å². The number of rotatable bonds is 3. The summed E-state index contributed by atoms with van der Waals surface area (Å²) in [6.07, 6.45) is 2.24. The molecule has 3 heteroatoms. The van der Waals surface area contributed by atoms with Crippen molar-refractivity contribution in [1.82, 2.24) is 9.97 Å². The minimum Gasteiger partial charge on any atom is -0.396 e. The fourth-order valence-corrected chi connectivity index (χ4v) is 1.63. The van der Waals surface area contributed by atoms with Crippen molar-refractivity contribution in [3.8, 4) is 11.3 Å². The summed E-state index contributed by atoms with van der Waals surface area (Å²) in [5.41, 5.74) is 3.22. The Balaban J connectivity index is 2.40. The summed E-state index contributed by atoms with van der Waals surface area (Å²) in [5.74, 6) is 0.684. The van der Waals surface area contributed by atoms with Crippen LogP contribution in [0.15, 0.2) is 36.5 Å². The second-order valence-corrected chi connectivity index (χ2v) is 3.65. The van der Waals surface area contributed by atoms with Gasteiger partial charge in [-0.1, -0.05) is 24.3 Å². The van der Waals surface area contributed by atoms with E-state index in [2.05, 4.69) is 23.0 Å². The predicted molar refractivity (Wildman–Crippen MR) is 63.0 cm³/mol. The largest absolute Gasteiger partial charge is 0.396 e. The van der Waals surface area contributed by atoms with E-state index < -0.39 is 0 Å².